The zero-order valence-corrected chi connectivity index (χ0v) is 16.6. The predicted molar refractivity (Wildman–Crippen MR) is 110 cm³/mol. The van der Waals surface area contributed by atoms with Crippen molar-refractivity contribution < 1.29 is 23.9 Å². The number of hydrogen-bond acceptors (Lipinski definition) is 6. The van der Waals surface area contributed by atoms with Gasteiger partial charge < -0.3 is 10.1 Å². The number of thioether (sulfide) groups is 1. The maximum Gasteiger partial charge on any atom is 0.329 e. The molecule has 2 aromatic rings. The van der Waals surface area contributed by atoms with Crippen LogP contribution in [-0.2, 0) is 14.3 Å². The van der Waals surface area contributed by atoms with Gasteiger partial charge in [0, 0.05) is 5.69 Å². The highest BCUT2D eigenvalue weighted by atomic mass is 32.2. The molecule has 1 aliphatic rings. The molecule has 29 heavy (non-hydrogen) atoms. The fourth-order valence-electron chi connectivity index (χ4n) is 3.02. The second-order valence-corrected chi connectivity index (χ2v) is 7.33. The number of rotatable bonds is 8. The molecule has 0 radical (unpaired) electrons. The lowest BCUT2D eigenvalue weighted by Crippen LogP contribution is -2.46. The molecule has 0 saturated heterocycles. The summed E-state index contributed by atoms with van der Waals surface area (Å²) in [6.45, 7) is -0.507. The van der Waals surface area contributed by atoms with Gasteiger partial charge in [0.05, 0.1) is 11.1 Å². The molecule has 150 valence electrons. The number of carbonyl (C=O) groups excluding carboxylic acids is 4. The Kier molecular flexibility index (Phi) is 6.66. The molecule has 0 bridgehead atoms. The highest BCUT2D eigenvalue weighted by molar-refractivity contribution is 7.98. The van der Waals surface area contributed by atoms with E-state index in [0.717, 1.165) is 4.90 Å². The van der Waals surface area contributed by atoms with E-state index in [1.165, 1.54) is 11.8 Å². The SMILES string of the molecule is CSCC[C@H](C(=O)OCC(=O)Nc1ccccc1)N1C(=O)c2ccccc2C1=O. The van der Waals surface area contributed by atoms with Crippen LogP contribution in [-0.4, -0.2) is 53.2 Å². The Hall–Kier alpha value is -3.13. The standard InChI is InChI=1S/C21H20N2O5S/c1-29-12-11-17(23-19(25)15-9-5-6-10-16(15)20(23)26)21(27)28-13-18(24)22-14-7-3-2-4-8-14/h2-10,17H,11-13H2,1H3,(H,22,24)/t17-/m1/s1. The van der Waals surface area contributed by atoms with Gasteiger partial charge in [-0.15, -0.1) is 0 Å². The van der Waals surface area contributed by atoms with Crippen molar-refractivity contribution in [2.24, 2.45) is 0 Å². The minimum Gasteiger partial charge on any atom is -0.454 e. The minimum atomic E-state index is -1.08. The van der Waals surface area contributed by atoms with Gasteiger partial charge in [-0.05, 0) is 42.7 Å². The van der Waals surface area contributed by atoms with E-state index in [1.54, 1.807) is 48.5 Å². The van der Waals surface area contributed by atoms with Gasteiger partial charge in [0.2, 0.25) is 0 Å². The first-order chi connectivity index (χ1) is 14.0. The summed E-state index contributed by atoms with van der Waals surface area (Å²) in [7, 11) is 0. The van der Waals surface area contributed by atoms with Crippen molar-refractivity contribution in [3.8, 4) is 0 Å². The van der Waals surface area contributed by atoms with Gasteiger partial charge >= 0.3 is 5.97 Å². The van der Waals surface area contributed by atoms with Gasteiger partial charge in [-0.1, -0.05) is 30.3 Å². The number of amides is 3. The van der Waals surface area contributed by atoms with Crippen LogP contribution >= 0.6 is 11.8 Å². The molecule has 1 N–H and O–H groups in total. The van der Waals surface area contributed by atoms with Crippen LogP contribution in [0.15, 0.2) is 54.6 Å². The highest BCUT2D eigenvalue weighted by Gasteiger charge is 2.43. The molecule has 7 nitrogen and oxygen atoms in total. The zero-order valence-electron chi connectivity index (χ0n) is 15.8. The first-order valence-corrected chi connectivity index (χ1v) is 10.4. The molecule has 1 heterocycles. The van der Waals surface area contributed by atoms with E-state index in [0.29, 0.717) is 11.4 Å². The van der Waals surface area contributed by atoms with Gasteiger partial charge in [0.1, 0.15) is 6.04 Å². The van der Waals surface area contributed by atoms with Gasteiger partial charge in [0.25, 0.3) is 17.7 Å². The molecule has 1 atom stereocenters. The van der Waals surface area contributed by atoms with Crippen LogP contribution in [0.3, 0.4) is 0 Å². The number of nitrogens with zero attached hydrogens (tertiary/aromatic N) is 1. The number of anilines is 1. The number of nitrogens with one attached hydrogen (secondary N) is 1. The fraction of sp³-hybridized carbons (Fsp3) is 0.238. The molecule has 0 aromatic heterocycles. The summed E-state index contributed by atoms with van der Waals surface area (Å²) in [5.74, 6) is -1.79. The number of esters is 1. The molecule has 0 spiro atoms. The third-order valence-corrected chi connectivity index (χ3v) is 5.05. The zero-order chi connectivity index (χ0) is 20.8. The summed E-state index contributed by atoms with van der Waals surface area (Å²) < 4.78 is 5.14. The number of hydrogen-bond donors (Lipinski definition) is 1. The Morgan fingerprint density at radius 3 is 2.17 bits per heavy atom. The van der Waals surface area contributed by atoms with Crippen molar-refractivity contribution in [2.75, 3.05) is 23.9 Å². The van der Waals surface area contributed by atoms with E-state index in [-0.39, 0.29) is 17.5 Å². The van der Waals surface area contributed by atoms with E-state index in [2.05, 4.69) is 5.32 Å². The summed E-state index contributed by atoms with van der Waals surface area (Å²) in [5.41, 5.74) is 1.11. The van der Waals surface area contributed by atoms with Crippen molar-refractivity contribution in [3.63, 3.8) is 0 Å². The number of para-hydroxylation sites is 1. The second-order valence-electron chi connectivity index (χ2n) is 6.35. The molecule has 0 fully saturated rings. The predicted octanol–water partition coefficient (Wildman–Crippen LogP) is 2.59. The van der Waals surface area contributed by atoms with Crippen LogP contribution in [0.4, 0.5) is 5.69 Å². The fourth-order valence-corrected chi connectivity index (χ4v) is 3.48. The third kappa shape index (κ3) is 4.65. The van der Waals surface area contributed by atoms with Crippen molar-refractivity contribution in [2.45, 2.75) is 12.5 Å². The van der Waals surface area contributed by atoms with Crippen molar-refractivity contribution in [1.29, 1.82) is 0 Å². The van der Waals surface area contributed by atoms with E-state index in [1.807, 2.05) is 12.3 Å². The topological polar surface area (TPSA) is 92.8 Å². The van der Waals surface area contributed by atoms with Gasteiger partial charge in [0.15, 0.2) is 6.61 Å². The largest absolute Gasteiger partial charge is 0.454 e. The molecule has 1 aliphatic heterocycles. The molecule has 0 saturated carbocycles. The smallest absolute Gasteiger partial charge is 0.329 e. The maximum atomic E-state index is 12.7. The van der Waals surface area contributed by atoms with E-state index >= 15 is 0 Å². The highest BCUT2D eigenvalue weighted by Crippen LogP contribution is 2.26. The van der Waals surface area contributed by atoms with E-state index < -0.39 is 36.3 Å². The van der Waals surface area contributed by atoms with Crippen LogP contribution < -0.4 is 5.32 Å². The summed E-state index contributed by atoms with van der Waals surface area (Å²) >= 11 is 1.48. The van der Waals surface area contributed by atoms with Crippen molar-refractivity contribution in [3.05, 3.63) is 65.7 Å². The van der Waals surface area contributed by atoms with Crippen molar-refractivity contribution in [1.82, 2.24) is 4.90 Å². The summed E-state index contributed by atoms with van der Waals surface area (Å²) in [5, 5.41) is 2.61. The number of ether oxygens (including phenoxy) is 1. The van der Waals surface area contributed by atoms with Gasteiger partial charge in [-0.2, -0.15) is 11.8 Å². The normalized spacial score (nSPS) is 13.8. The van der Waals surface area contributed by atoms with Crippen LogP contribution in [0, 0.1) is 0 Å². The second kappa shape index (κ2) is 9.38. The van der Waals surface area contributed by atoms with E-state index in [4.69, 9.17) is 4.74 Å². The molecule has 0 unspecified atom stereocenters. The quantitative estimate of drug-likeness (QED) is 0.529. The van der Waals surface area contributed by atoms with E-state index in [9.17, 15) is 19.2 Å². The number of fused-ring (bicyclic) bond motifs is 1. The first kappa shape index (κ1) is 20.6. The lowest BCUT2D eigenvalue weighted by Gasteiger charge is -2.24. The summed E-state index contributed by atoms with van der Waals surface area (Å²) in [6.07, 6.45) is 2.10. The summed E-state index contributed by atoms with van der Waals surface area (Å²) in [4.78, 5) is 51.1. The average Bonchev–Trinajstić information content (AvgIpc) is 2.99. The lowest BCUT2D eigenvalue weighted by molar-refractivity contribution is -0.151. The molecule has 8 heteroatoms. The van der Waals surface area contributed by atoms with Crippen molar-refractivity contribution >= 4 is 41.1 Å². The molecular weight excluding hydrogens is 392 g/mol. The first-order valence-electron chi connectivity index (χ1n) is 9.00. The Morgan fingerprint density at radius 1 is 1.00 bits per heavy atom. The lowest BCUT2D eigenvalue weighted by atomic mass is 10.1. The Labute approximate surface area is 172 Å². The van der Waals surface area contributed by atoms with Crippen LogP contribution in [0.2, 0.25) is 0 Å². The molecule has 3 amide bonds. The van der Waals surface area contributed by atoms with Crippen LogP contribution in [0.25, 0.3) is 0 Å². The Bertz CT molecular complexity index is 897. The summed E-state index contributed by atoms with van der Waals surface area (Å²) in [6, 6.07) is 14.1. The average molecular weight is 412 g/mol. The minimum absolute atomic E-state index is 0.242. The van der Waals surface area contributed by atoms with Crippen LogP contribution in [0.1, 0.15) is 27.1 Å². The van der Waals surface area contributed by atoms with Gasteiger partial charge in [-0.3, -0.25) is 19.3 Å². The Morgan fingerprint density at radius 2 is 1.59 bits per heavy atom. The van der Waals surface area contributed by atoms with Gasteiger partial charge in [-0.25, -0.2) is 4.79 Å². The monoisotopic (exact) mass is 412 g/mol. The molecule has 0 aliphatic carbocycles. The maximum absolute atomic E-state index is 12.7. The molecule has 3 rings (SSSR count). The molecule has 2 aromatic carbocycles. The number of imide groups is 1. The van der Waals surface area contributed by atoms with Crippen LogP contribution in [0.5, 0.6) is 0 Å². The number of benzene rings is 2. The Balaban J connectivity index is 1.68. The number of carbonyl (C=O) groups is 4. The third-order valence-electron chi connectivity index (χ3n) is 4.41. The molecular formula is C21H20N2O5S.